The number of aromatic nitrogens is 3. The van der Waals surface area contributed by atoms with E-state index in [9.17, 15) is 4.79 Å². The molecule has 0 saturated carbocycles. The summed E-state index contributed by atoms with van der Waals surface area (Å²) >= 11 is 0. The van der Waals surface area contributed by atoms with E-state index in [0.29, 0.717) is 6.54 Å². The first-order valence-electron chi connectivity index (χ1n) is 9.44. The molecule has 1 aliphatic heterocycles. The van der Waals surface area contributed by atoms with Gasteiger partial charge in [-0.15, -0.1) is 0 Å². The van der Waals surface area contributed by atoms with Crippen molar-refractivity contribution in [2.24, 2.45) is 5.92 Å². The second-order valence-electron chi connectivity index (χ2n) is 7.52. The van der Waals surface area contributed by atoms with E-state index >= 15 is 0 Å². The number of carbonyl (C=O) groups is 1. The first-order chi connectivity index (χ1) is 13.0. The van der Waals surface area contributed by atoms with Crippen molar-refractivity contribution in [3.8, 4) is 0 Å². The molecule has 4 rings (SSSR count). The van der Waals surface area contributed by atoms with Crippen LogP contribution >= 0.6 is 0 Å². The number of furan rings is 1. The molecule has 1 unspecified atom stereocenters. The van der Waals surface area contributed by atoms with Gasteiger partial charge in [0, 0.05) is 17.4 Å². The minimum atomic E-state index is -0.192. The fourth-order valence-corrected chi connectivity index (χ4v) is 3.75. The van der Waals surface area contributed by atoms with Crippen molar-refractivity contribution < 1.29 is 9.21 Å². The Hall–Kier alpha value is -2.83. The van der Waals surface area contributed by atoms with E-state index in [2.05, 4.69) is 34.6 Å². The van der Waals surface area contributed by atoms with Crippen molar-refractivity contribution in [2.75, 3.05) is 0 Å². The third-order valence-electron chi connectivity index (χ3n) is 5.26. The second kappa shape index (κ2) is 7.06. The number of carbonyl (C=O) groups excluding carboxylic acids is 1. The summed E-state index contributed by atoms with van der Waals surface area (Å²) in [6.07, 6.45) is 3.25. The summed E-state index contributed by atoms with van der Waals surface area (Å²) in [4.78, 5) is 16.9. The van der Waals surface area contributed by atoms with Crippen molar-refractivity contribution in [1.29, 1.82) is 0 Å². The number of benzene rings is 1. The fraction of sp³-hybridized carbons (Fsp3) is 0.450. The topological polar surface area (TPSA) is 85.0 Å². The van der Waals surface area contributed by atoms with E-state index in [4.69, 9.17) is 4.42 Å². The van der Waals surface area contributed by atoms with Gasteiger partial charge in [-0.2, -0.15) is 5.10 Å². The number of nitrogens with one attached hydrogen (secondary N) is 2. The molecule has 0 spiro atoms. The molecule has 7 nitrogen and oxygen atoms in total. The van der Waals surface area contributed by atoms with Crippen LogP contribution in [-0.2, 0) is 13.0 Å². The molecule has 2 aromatic heterocycles. The summed E-state index contributed by atoms with van der Waals surface area (Å²) in [6.45, 7) is 6.86. The monoisotopic (exact) mass is 367 g/mol. The molecule has 7 heteroatoms. The number of para-hydroxylation sites is 1. The van der Waals surface area contributed by atoms with Crippen LogP contribution in [-0.4, -0.2) is 26.8 Å². The molecule has 3 heterocycles. The van der Waals surface area contributed by atoms with Gasteiger partial charge in [0.15, 0.2) is 0 Å². The Bertz CT molecular complexity index is 958. The van der Waals surface area contributed by atoms with Gasteiger partial charge in [0.05, 0.1) is 18.6 Å². The van der Waals surface area contributed by atoms with Crippen LogP contribution in [0.1, 0.15) is 43.5 Å². The lowest BCUT2D eigenvalue weighted by Gasteiger charge is -2.26. The van der Waals surface area contributed by atoms with Gasteiger partial charge in [-0.1, -0.05) is 32.0 Å². The van der Waals surface area contributed by atoms with E-state index in [1.54, 1.807) is 6.33 Å². The third kappa shape index (κ3) is 3.41. The molecular formula is C20H25N5O2. The molecule has 0 bridgehead atoms. The van der Waals surface area contributed by atoms with Crippen LogP contribution in [0.2, 0.25) is 0 Å². The summed E-state index contributed by atoms with van der Waals surface area (Å²) in [5, 5.41) is 11.5. The molecule has 3 aromatic rings. The van der Waals surface area contributed by atoms with Crippen LogP contribution < -0.4 is 10.6 Å². The van der Waals surface area contributed by atoms with Crippen LogP contribution in [0.3, 0.4) is 0 Å². The first-order valence-corrected chi connectivity index (χ1v) is 9.44. The Morgan fingerprint density at radius 2 is 2.15 bits per heavy atom. The summed E-state index contributed by atoms with van der Waals surface area (Å²) in [7, 11) is 0. The molecule has 0 radical (unpaired) electrons. The van der Waals surface area contributed by atoms with Gasteiger partial charge in [0.1, 0.15) is 23.5 Å². The number of urea groups is 1. The van der Waals surface area contributed by atoms with Crippen molar-refractivity contribution in [3.05, 3.63) is 47.7 Å². The van der Waals surface area contributed by atoms with Crippen molar-refractivity contribution in [3.63, 3.8) is 0 Å². The molecule has 142 valence electrons. The van der Waals surface area contributed by atoms with Crippen LogP contribution in [0.5, 0.6) is 0 Å². The van der Waals surface area contributed by atoms with Crippen molar-refractivity contribution >= 4 is 17.0 Å². The summed E-state index contributed by atoms with van der Waals surface area (Å²) in [6, 6.07) is 7.64. The Morgan fingerprint density at radius 3 is 2.93 bits per heavy atom. The molecule has 2 amide bonds. The predicted octanol–water partition coefficient (Wildman–Crippen LogP) is 3.34. The highest BCUT2D eigenvalue weighted by Crippen LogP contribution is 2.32. The van der Waals surface area contributed by atoms with Crippen LogP contribution in [0.4, 0.5) is 4.79 Å². The molecule has 0 aliphatic carbocycles. The van der Waals surface area contributed by atoms with Gasteiger partial charge < -0.3 is 15.1 Å². The highest BCUT2D eigenvalue weighted by atomic mass is 16.3. The normalized spacial score (nSPS) is 17.7. The largest absolute Gasteiger partial charge is 0.459 e. The lowest BCUT2D eigenvalue weighted by atomic mass is 9.98. The van der Waals surface area contributed by atoms with E-state index in [1.807, 2.05) is 35.9 Å². The number of rotatable bonds is 4. The molecule has 0 fully saturated rings. The molecule has 1 aliphatic rings. The van der Waals surface area contributed by atoms with Crippen LogP contribution in [0.25, 0.3) is 11.0 Å². The quantitative estimate of drug-likeness (QED) is 0.741. The Balaban J connectivity index is 1.48. The number of fused-ring (bicyclic) bond motifs is 2. The van der Waals surface area contributed by atoms with Gasteiger partial charge in [-0.25, -0.2) is 14.5 Å². The average molecular weight is 367 g/mol. The summed E-state index contributed by atoms with van der Waals surface area (Å²) < 4.78 is 7.94. The predicted molar refractivity (Wildman–Crippen MR) is 102 cm³/mol. The number of nitrogens with zero attached hydrogens (tertiary/aromatic N) is 3. The minimum Gasteiger partial charge on any atom is -0.459 e. The molecular weight excluding hydrogens is 342 g/mol. The summed E-state index contributed by atoms with van der Waals surface area (Å²) in [5.41, 5.74) is 1.93. The van der Waals surface area contributed by atoms with E-state index in [0.717, 1.165) is 41.0 Å². The van der Waals surface area contributed by atoms with Gasteiger partial charge in [-0.3, -0.25) is 0 Å². The average Bonchev–Trinajstić information content (AvgIpc) is 3.24. The fourth-order valence-electron chi connectivity index (χ4n) is 3.75. The maximum Gasteiger partial charge on any atom is 0.315 e. The Kier molecular flexibility index (Phi) is 4.59. The van der Waals surface area contributed by atoms with E-state index < -0.39 is 0 Å². The number of hydrogen-bond donors (Lipinski definition) is 2. The lowest BCUT2D eigenvalue weighted by Crippen LogP contribution is -2.47. The number of amides is 2. The van der Waals surface area contributed by atoms with Gasteiger partial charge in [0.2, 0.25) is 0 Å². The zero-order valence-electron chi connectivity index (χ0n) is 15.9. The SMILES string of the molecule is Cc1c([C@H](NC(=O)NC2CCc3ncnn3C2)C(C)C)oc2ccccc12. The van der Waals surface area contributed by atoms with Crippen LogP contribution in [0, 0.1) is 12.8 Å². The third-order valence-corrected chi connectivity index (χ3v) is 5.26. The minimum absolute atomic E-state index is 0.0452. The zero-order valence-corrected chi connectivity index (χ0v) is 15.9. The van der Waals surface area contributed by atoms with Crippen LogP contribution in [0.15, 0.2) is 35.0 Å². The van der Waals surface area contributed by atoms with Gasteiger partial charge in [-0.05, 0) is 25.3 Å². The first kappa shape index (κ1) is 17.6. The number of hydrogen-bond acceptors (Lipinski definition) is 4. The second-order valence-corrected chi connectivity index (χ2v) is 7.52. The zero-order chi connectivity index (χ0) is 19.0. The molecule has 1 aromatic carbocycles. The van der Waals surface area contributed by atoms with Gasteiger partial charge >= 0.3 is 6.03 Å². The number of aryl methyl sites for hydroxylation is 2. The molecule has 0 saturated heterocycles. The molecule has 2 atom stereocenters. The van der Waals surface area contributed by atoms with E-state index in [-0.39, 0.29) is 24.0 Å². The molecule has 27 heavy (non-hydrogen) atoms. The highest BCUT2D eigenvalue weighted by molar-refractivity contribution is 5.82. The Labute approximate surface area is 158 Å². The highest BCUT2D eigenvalue weighted by Gasteiger charge is 2.27. The maximum atomic E-state index is 12.7. The Morgan fingerprint density at radius 1 is 1.33 bits per heavy atom. The lowest BCUT2D eigenvalue weighted by molar-refractivity contribution is 0.221. The van der Waals surface area contributed by atoms with E-state index in [1.165, 1.54) is 0 Å². The smallest absolute Gasteiger partial charge is 0.315 e. The maximum absolute atomic E-state index is 12.7. The summed E-state index contributed by atoms with van der Waals surface area (Å²) in [5.74, 6) is 2.00. The molecule has 2 N–H and O–H groups in total. The van der Waals surface area contributed by atoms with Crippen molar-refractivity contribution in [2.45, 2.75) is 52.2 Å². The standard InChI is InChI=1S/C20H25N5O2/c1-12(2)18(19-13(3)15-6-4-5-7-16(15)27-19)24-20(26)23-14-8-9-17-21-11-22-25(17)10-14/h4-7,11-12,14,18H,8-10H2,1-3H3,(H2,23,24,26)/t14?,18-/m1/s1. The van der Waals surface area contributed by atoms with Gasteiger partial charge in [0.25, 0.3) is 0 Å². The van der Waals surface area contributed by atoms with Crippen molar-refractivity contribution in [1.82, 2.24) is 25.4 Å².